The third-order valence-corrected chi connectivity index (χ3v) is 3.78. The number of hydrogen-bond acceptors (Lipinski definition) is 4. The molecule has 4 N–H and O–H groups in total. The molecule has 0 aromatic carbocycles. The summed E-state index contributed by atoms with van der Waals surface area (Å²) in [6, 6.07) is -0.512. The number of carbonyl (C=O) groups is 2. The molecule has 0 bridgehead atoms. The highest BCUT2D eigenvalue weighted by molar-refractivity contribution is 6.30. The van der Waals surface area contributed by atoms with Crippen LogP contribution in [-0.2, 0) is 6.42 Å². The number of nitrogens with zero attached hydrogens (tertiary/aromatic N) is 2. The van der Waals surface area contributed by atoms with Gasteiger partial charge in [0.05, 0.1) is 24.4 Å². The maximum Gasteiger partial charge on any atom is 0.407 e. The number of aromatic nitrogens is 2. The van der Waals surface area contributed by atoms with Crippen molar-refractivity contribution in [3.05, 3.63) is 16.7 Å². The van der Waals surface area contributed by atoms with Gasteiger partial charge in [-0.2, -0.15) is 0 Å². The molecule has 1 aliphatic rings. The quantitative estimate of drug-likeness (QED) is 0.646. The Bertz CT molecular complexity index is 547. The number of H-pyrrole nitrogens is 1. The van der Waals surface area contributed by atoms with Gasteiger partial charge in [-0.3, -0.25) is 4.79 Å². The molecule has 2 atom stereocenters. The van der Waals surface area contributed by atoms with E-state index in [2.05, 4.69) is 15.3 Å². The van der Waals surface area contributed by atoms with Gasteiger partial charge in [0.25, 0.3) is 5.91 Å². The number of aryl methyl sites for hydroxylation is 1. The van der Waals surface area contributed by atoms with Crippen LogP contribution in [0.3, 0.4) is 0 Å². The molecule has 1 aromatic heterocycles. The van der Waals surface area contributed by atoms with Crippen LogP contribution < -0.4 is 5.32 Å². The highest BCUT2D eigenvalue weighted by atomic mass is 35.5. The number of aromatic amines is 1. The van der Waals surface area contributed by atoms with Crippen molar-refractivity contribution >= 4 is 23.6 Å². The molecule has 0 spiro atoms. The number of halogens is 1. The first-order valence-electron chi connectivity index (χ1n) is 6.63. The van der Waals surface area contributed by atoms with Crippen molar-refractivity contribution in [3.8, 4) is 0 Å². The van der Waals surface area contributed by atoms with Crippen LogP contribution in [0.15, 0.2) is 0 Å². The highest BCUT2D eigenvalue weighted by Crippen LogP contribution is 2.15. The van der Waals surface area contributed by atoms with Crippen molar-refractivity contribution in [2.24, 2.45) is 0 Å². The van der Waals surface area contributed by atoms with Gasteiger partial charge in [-0.25, -0.2) is 9.78 Å². The Kier molecular flexibility index (Phi) is 4.69. The number of β-amino-alcohol motifs (C(OH)–C–C–N with tert-alkyl or cyclic N) is 1. The molecule has 1 aliphatic heterocycles. The smallest absolute Gasteiger partial charge is 0.407 e. The number of hydrogen-bond donors (Lipinski definition) is 4. The molecular weight excluding hydrogens is 300 g/mol. The fraction of sp³-hybridized carbons (Fsp3) is 0.583. The summed E-state index contributed by atoms with van der Waals surface area (Å²) in [5.74, 6) is -0.380. The van der Waals surface area contributed by atoms with E-state index in [-0.39, 0.29) is 24.1 Å². The van der Waals surface area contributed by atoms with Gasteiger partial charge in [0.1, 0.15) is 0 Å². The second kappa shape index (κ2) is 6.31. The lowest BCUT2D eigenvalue weighted by Gasteiger charge is -2.34. The number of imidazole rings is 1. The third kappa shape index (κ3) is 3.45. The predicted octanol–water partition coefficient (Wildman–Crippen LogP) is 0.468. The molecule has 9 heteroatoms. The number of amides is 2. The number of nitrogens with one attached hydrogen (secondary N) is 2. The Labute approximate surface area is 126 Å². The van der Waals surface area contributed by atoms with Crippen LogP contribution in [0.25, 0.3) is 0 Å². The minimum atomic E-state index is -1.08. The average molecular weight is 317 g/mol. The second-order valence-corrected chi connectivity index (χ2v) is 5.23. The minimum absolute atomic E-state index is 0.0284. The van der Waals surface area contributed by atoms with Crippen LogP contribution in [0.4, 0.5) is 4.79 Å². The van der Waals surface area contributed by atoms with E-state index in [4.69, 9.17) is 16.7 Å². The van der Waals surface area contributed by atoms with Crippen LogP contribution in [0.1, 0.15) is 29.7 Å². The molecule has 1 fully saturated rings. The van der Waals surface area contributed by atoms with Crippen molar-refractivity contribution in [1.82, 2.24) is 20.2 Å². The van der Waals surface area contributed by atoms with Crippen LogP contribution in [0, 0.1) is 0 Å². The molecule has 2 heterocycles. The van der Waals surface area contributed by atoms with E-state index in [1.807, 2.05) is 6.92 Å². The summed E-state index contributed by atoms with van der Waals surface area (Å²) in [6.07, 6.45) is -1.06. The maximum atomic E-state index is 12.1. The second-order valence-electron chi connectivity index (χ2n) is 4.87. The van der Waals surface area contributed by atoms with Gasteiger partial charge in [0.2, 0.25) is 0 Å². The van der Waals surface area contributed by atoms with E-state index in [1.54, 1.807) is 0 Å². The topological polar surface area (TPSA) is 119 Å². The van der Waals surface area contributed by atoms with Gasteiger partial charge in [0, 0.05) is 6.54 Å². The summed E-state index contributed by atoms with van der Waals surface area (Å²) in [5, 5.41) is 21.7. The Hall–Kier alpha value is -1.80. The zero-order valence-corrected chi connectivity index (χ0v) is 12.2. The minimum Gasteiger partial charge on any atom is -0.465 e. The summed E-state index contributed by atoms with van der Waals surface area (Å²) in [6.45, 7) is 2.11. The molecule has 2 amide bonds. The van der Waals surface area contributed by atoms with E-state index < -0.39 is 24.1 Å². The molecule has 0 aliphatic carbocycles. The first kappa shape index (κ1) is 15.6. The van der Waals surface area contributed by atoms with E-state index in [0.717, 1.165) is 4.90 Å². The Morgan fingerprint density at radius 2 is 2.29 bits per heavy atom. The fourth-order valence-electron chi connectivity index (χ4n) is 2.24. The molecule has 8 nitrogen and oxygen atoms in total. The number of carboxylic acid groups (broad SMARTS) is 1. The van der Waals surface area contributed by atoms with Crippen LogP contribution in [0.5, 0.6) is 0 Å². The van der Waals surface area contributed by atoms with Gasteiger partial charge in [0.15, 0.2) is 11.0 Å². The Morgan fingerprint density at radius 3 is 2.81 bits per heavy atom. The monoisotopic (exact) mass is 316 g/mol. The largest absolute Gasteiger partial charge is 0.465 e. The van der Waals surface area contributed by atoms with Crippen LogP contribution in [0.2, 0.25) is 5.15 Å². The molecular formula is C12H17ClN4O4. The number of piperidine rings is 1. The average Bonchev–Trinajstić information content (AvgIpc) is 2.82. The van der Waals surface area contributed by atoms with Gasteiger partial charge in [-0.05, 0) is 12.8 Å². The molecule has 1 saturated heterocycles. The first-order valence-corrected chi connectivity index (χ1v) is 7.01. The maximum absolute atomic E-state index is 12.1. The SMILES string of the molecule is CCc1[nH]c(C(=O)NC2CCN(C(=O)O)CC2O)nc1Cl. The number of likely N-dealkylation sites (tertiary alicyclic amines) is 1. The van der Waals surface area contributed by atoms with Crippen LogP contribution in [-0.4, -0.2) is 62.3 Å². The fourth-order valence-corrected chi connectivity index (χ4v) is 2.51. The number of carbonyl (C=O) groups excluding carboxylic acids is 1. The van der Waals surface area contributed by atoms with E-state index in [1.165, 1.54) is 0 Å². The summed E-state index contributed by atoms with van der Waals surface area (Å²) in [5.41, 5.74) is 0.670. The zero-order valence-electron chi connectivity index (χ0n) is 11.5. The molecule has 2 unspecified atom stereocenters. The molecule has 21 heavy (non-hydrogen) atoms. The number of rotatable bonds is 3. The number of aliphatic hydroxyl groups excluding tert-OH is 1. The zero-order chi connectivity index (χ0) is 15.6. The third-order valence-electron chi connectivity index (χ3n) is 3.47. The summed E-state index contributed by atoms with van der Waals surface area (Å²) >= 11 is 5.87. The highest BCUT2D eigenvalue weighted by Gasteiger charge is 2.31. The van der Waals surface area contributed by atoms with E-state index in [0.29, 0.717) is 18.5 Å². The molecule has 0 saturated carbocycles. The van der Waals surface area contributed by atoms with Gasteiger partial charge in [-0.1, -0.05) is 18.5 Å². The van der Waals surface area contributed by atoms with Crippen molar-refractivity contribution in [1.29, 1.82) is 0 Å². The lowest BCUT2D eigenvalue weighted by atomic mass is 10.0. The van der Waals surface area contributed by atoms with Crippen molar-refractivity contribution in [2.45, 2.75) is 31.9 Å². The van der Waals surface area contributed by atoms with Gasteiger partial charge >= 0.3 is 6.09 Å². The summed E-state index contributed by atoms with van der Waals surface area (Å²) in [4.78, 5) is 30.7. The Morgan fingerprint density at radius 1 is 1.57 bits per heavy atom. The van der Waals surface area contributed by atoms with Gasteiger partial charge < -0.3 is 25.4 Å². The van der Waals surface area contributed by atoms with E-state index >= 15 is 0 Å². The van der Waals surface area contributed by atoms with Crippen molar-refractivity contribution < 1.29 is 19.8 Å². The van der Waals surface area contributed by atoms with Gasteiger partial charge in [-0.15, -0.1) is 0 Å². The van der Waals surface area contributed by atoms with Crippen molar-refractivity contribution in [2.75, 3.05) is 13.1 Å². The summed E-state index contributed by atoms with van der Waals surface area (Å²) < 4.78 is 0. The Balaban J connectivity index is 1.98. The number of aliphatic hydroxyl groups is 1. The standard InChI is InChI=1S/C12H17ClN4O4/c1-2-6-9(13)16-10(14-6)11(19)15-7-3-4-17(12(20)21)5-8(7)18/h7-8,18H,2-5H2,1H3,(H,14,16)(H,15,19)(H,20,21). The lowest BCUT2D eigenvalue weighted by molar-refractivity contribution is 0.0389. The summed E-state index contributed by atoms with van der Waals surface area (Å²) in [7, 11) is 0. The normalized spacial score (nSPS) is 22.1. The first-order chi connectivity index (χ1) is 9.92. The molecule has 0 radical (unpaired) electrons. The molecule has 1 aromatic rings. The van der Waals surface area contributed by atoms with Crippen LogP contribution >= 0.6 is 11.6 Å². The molecule has 116 valence electrons. The molecule has 2 rings (SSSR count). The van der Waals surface area contributed by atoms with Crippen molar-refractivity contribution in [3.63, 3.8) is 0 Å². The lowest BCUT2D eigenvalue weighted by Crippen LogP contribution is -2.55. The predicted molar refractivity (Wildman–Crippen MR) is 74.5 cm³/mol. The van der Waals surface area contributed by atoms with E-state index in [9.17, 15) is 14.7 Å².